The Morgan fingerprint density at radius 3 is 1.55 bits per heavy atom. The highest BCUT2D eigenvalue weighted by atomic mass is 16.5. The van der Waals surface area contributed by atoms with Crippen LogP contribution < -0.4 is 0 Å². The third-order valence-corrected chi connectivity index (χ3v) is 5.60. The van der Waals surface area contributed by atoms with Gasteiger partial charge in [-0.3, -0.25) is 0 Å². The van der Waals surface area contributed by atoms with E-state index < -0.39 is 0 Å². The SMILES string of the molecule is C=C(C(=O)OCCCCCCCCCCCCCCCCCC)c1ccccc1. The van der Waals surface area contributed by atoms with E-state index in [0.29, 0.717) is 12.2 Å². The highest BCUT2D eigenvalue weighted by Gasteiger charge is 2.09. The van der Waals surface area contributed by atoms with Gasteiger partial charge in [0.1, 0.15) is 0 Å². The van der Waals surface area contributed by atoms with Crippen molar-refractivity contribution in [3.63, 3.8) is 0 Å². The minimum Gasteiger partial charge on any atom is -0.462 e. The molecule has 0 amide bonds. The quantitative estimate of drug-likeness (QED) is 0.132. The average Bonchev–Trinajstić information content (AvgIpc) is 2.75. The number of ether oxygens (including phenoxy) is 1. The molecule has 0 spiro atoms. The lowest BCUT2D eigenvalue weighted by Gasteiger charge is -2.07. The highest BCUT2D eigenvalue weighted by Crippen LogP contribution is 2.15. The second-order valence-corrected chi connectivity index (χ2v) is 8.28. The van der Waals surface area contributed by atoms with Gasteiger partial charge in [0.05, 0.1) is 12.2 Å². The largest absolute Gasteiger partial charge is 0.462 e. The van der Waals surface area contributed by atoms with E-state index in [-0.39, 0.29) is 5.97 Å². The van der Waals surface area contributed by atoms with Gasteiger partial charge >= 0.3 is 5.97 Å². The third-order valence-electron chi connectivity index (χ3n) is 5.60. The summed E-state index contributed by atoms with van der Waals surface area (Å²) < 4.78 is 5.34. The zero-order valence-electron chi connectivity index (χ0n) is 18.9. The predicted molar refractivity (Wildman–Crippen MR) is 126 cm³/mol. The first-order valence-corrected chi connectivity index (χ1v) is 12.2. The van der Waals surface area contributed by atoms with Crippen molar-refractivity contribution < 1.29 is 9.53 Å². The maximum atomic E-state index is 12.0. The Kier molecular flexibility index (Phi) is 16.2. The van der Waals surface area contributed by atoms with E-state index in [0.717, 1.165) is 18.4 Å². The summed E-state index contributed by atoms with van der Waals surface area (Å²) in [5.41, 5.74) is 1.28. The molecular weight excluding hydrogens is 356 g/mol. The van der Waals surface area contributed by atoms with Gasteiger partial charge in [0.15, 0.2) is 0 Å². The smallest absolute Gasteiger partial charge is 0.338 e. The van der Waals surface area contributed by atoms with Crippen LogP contribution in [0.4, 0.5) is 0 Å². The number of benzene rings is 1. The molecule has 2 heteroatoms. The van der Waals surface area contributed by atoms with Crippen LogP contribution in [0.2, 0.25) is 0 Å². The van der Waals surface area contributed by atoms with Crippen LogP contribution in [-0.4, -0.2) is 12.6 Å². The Morgan fingerprint density at radius 1 is 0.690 bits per heavy atom. The van der Waals surface area contributed by atoms with Gasteiger partial charge in [0.2, 0.25) is 0 Å². The van der Waals surface area contributed by atoms with Crippen LogP contribution in [-0.2, 0) is 9.53 Å². The van der Waals surface area contributed by atoms with E-state index >= 15 is 0 Å². The molecule has 0 saturated heterocycles. The molecule has 0 radical (unpaired) electrons. The molecule has 29 heavy (non-hydrogen) atoms. The first kappa shape index (κ1) is 25.5. The molecule has 0 heterocycles. The maximum absolute atomic E-state index is 12.0. The van der Waals surface area contributed by atoms with E-state index in [9.17, 15) is 4.79 Å². The molecule has 0 aromatic heterocycles. The number of carbonyl (C=O) groups excluding carboxylic acids is 1. The van der Waals surface area contributed by atoms with Crippen LogP contribution in [0.15, 0.2) is 36.9 Å². The Bertz CT molecular complexity index is 521. The molecule has 0 fully saturated rings. The summed E-state index contributed by atoms with van der Waals surface area (Å²) in [6, 6.07) is 9.52. The minimum atomic E-state index is -0.294. The van der Waals surface area contributed by atoms with Gasteiger partial charge in [0, 0.05) is 0 Å². The number of hydrogen-bond donors (Lipinski definition) is 0. The van der Waals surface area contributed by atoms with Gasteiger partial charge in [-0.15, -0.1) is 0 Å². The number of hydrogen-bond acceptors (Lipinski definition) is 2. The van der Waals surface area contributed by atoms with Crippen LogP contribution in [0.1, 0.15) is 115 Å². The van der Waals surface area contributed by atoms with E-state index in [4.69, 9.17) is 4.74 Å². The summed E-state index contributed by atoms with van der Waals surface area (Å²) in [4.78, 5) is 12.0. The number of rotatable bonds is 19. The topological polar surface area (TPSA) is 26.3 Å². The van der Waals surface area contributed by atoms with Crippen molar-refractivity contribution in [2.45, 2.75) is 110 Å². The molecule has 0 aliphatic heterocycles. The monoisotopic (exact) mass is 400 g/mol. The van der Waals surface area contributed by atoms with Gasteiger partial charge in [0.25, 0.3) is 0 Å². The molecule has 0 aliphatic carbocycles. The van der Waals surface area contributed by atoms with Crippen LogP contribution >= 0.6 is 0 Å². The number of unbranched alkanes of at least 4 members (excludes halogenated alkanes) is 15. The molecule has 0 atom stereocenters. The summed E-state index contributed by atoms with van der Waals surface area (Å²) in [6.45, 7) is 6.63. The Morgan fingerprint density at radius 2 is 1.10 bits per heavy atom. The lowest BCUT2D eigenvalue weighted by atomic mass is 10.0. The van der Waals surface area contributed by atoms with Crippen LogP contribution in [0.3, 0.4) is 0 Å². The second-order valence-electron chi connectivity index (χ2n) is 8.28. The number of carbonyl (C=O) groups is 1. The van der Waals surface area contributed by atoms with Gasteiger partial charge in [-0.2, -0.15) is 0 Å². The summed E-state index contributed by atoms with van der Waals surface area (Å²) >= 11 is 0. The van der Waals surface area contributed by atoms with Gasteiger partial charge < -0.3 is 4.74 Å². The first-order chi connectivity index (χ1) is 14.3. The fourth-order valence-electron chi connectivity index (χ4n) is 3.66. The third kappa shape index (κ3) is 14.1. The summed E-state index contributed by atoms with van der Waals surface area (Å²) in [5.74, 6) is -0.294. The average molecular weight is 401 g/mol. The molecule has 2 nitrogen and oxygen atoms in total. The van der Waals surface area contributed by atoms with E-state index in [1.807, 2.05) is 30.3 Å². The van der Waals surface area contributed by atoms with E-state index in [2.05, 4.69) is 13.5 Å². The fourth-order valence-corrected chi connectivity index (χ4v) is 3.66. The van der Waals surface area contributed by atoms with Crippen molar-refractivity contribution in [1.29, 1.82) is 0 Å². The predicted octanol–water partition coefficient (Wildman–Crippen LogP) is 8.50. The highest BCUT2D eigenvalue weighted by molar-refractivity contribution is 6.15. The molecule has 0 saturated carbocycles. The van der Waals surface area contributed by atoms with Crippen molar-refractivity contribution in [3.05, 3.63) is 42.5 Å². The molecule has 0 N–H and O–H groups in total. The van der Waals surface area contributed by atoms with Crippen molar-refractivity contribution in [1.82, 2.24) is 0 Å². The van der Waals surface area contributed by atoms with Gasteiger partial charge in [-0.05, 0) is 12.0 Å². The van der Waals surface area contributed by atoms with Crippen LogP contribution in [0.25, 0.3) is 5.57 Å². The van der Waals surface area contributed by atoms with E-state index in [1.165, 1.54) is 89.9 Å². The van der Waals surface area contributed by atoms with Crippen LogP contribution in [0, 0.1) is 0 Å². The summed E-state index contributed by atoms with van der Waals surface area (Å²) in [7, 11) is 0. The van der Waals surface area contributed by atoms with Gasteiger partial charge in [-0.1, -0.05) is 140 Å². The van der Waals surface area contributed by atoms with Gasteiger partial charge in [-0.25, -0.2) is 4.79 Å². The lowest BCUT2D eigenvalue weighted by molar-refractivity contribution is -0.136. The van der Waals surface area contributed by atoms with Crippen LogP contribution in [0.5, 0.6) is 0 Å². The lowest BCUT2D eigenvalue weighted by Crippen LogP contribution is -2.07. The molecule has 1 aromatic carbocycles. The second kappa shape index (κ2) is 18.5. The Hall–Kier alpha value is -1.57. The first-order valence-electron chi connectivity index (χ1n) is 12.2. The Labute approximate surface area is 180 Å². The van der Waals surface area contributed by atoms with Crippen molar-refractivity contribution in [2.75, 3.05) is 6.61 Å². The molecule has 1 rings (SSSR count). The van der Waals surface area contributed by atoms with Crippen molar-refractivity contribution >= 4 is 11.5 Å². The van der Waals surface area contributed by atoms with Crippen molar-refractivity contribution in [3.8, 4) is 0 Å². The summed E-state index contributed by atoms with van der Waals surface area (Å²) in [5, 5.41) is 0. The molecule has 0 unspecified atom stereocenters. The zero-order chi connectivity index (χ0) is 21.0. The minimum absolute atomic E-state index is 0.294. The normalized spacial score (nSPS) is 10.8. The zero-order valence-corrected chi connectivity index (χ0v) is 18.9. The fraction of sp³-hybridized carbons (Fsp3) is 0.667. The molecule has 0 aliphatic rings. The van der Waals surface area contributed by atoms with E-state index in [1.54, 1.807) is 0 Å². The summed E-state index contributed by atoms with van der Waals surface area (Å²) in [6.07, 6.45) is 21.5. The Balaban J connectivity index is 1.81. The standard InChI is InChI=1S/C27H44O2/c1-3-4-5-6-7-8-9-10-11-12-13-14-15-16-17-21-24-29-27(28)25(2)26-22-19-18-20-23-26/h18-20,22-23H,2-17,21,24H2,1H3. The maximum Gasteiger partial charge on any atom is 0.338 e. The molecular formula is C27H44O2. The van der Waals surface area contributed by atoms with Crippen molar-refractivity contribution in [2.24, 2.45) is 0 Å². The molecule has 0 bridgehead atoms. The molecule has 164 valence electrons. The number of esters is 1. The molecule has 1 aromatic rings.